The van der Waals surface area contributed by atoms with E-state index in [1.54, 1.807) is 0 Å². The number of nitrogens with one attached hydrogen (secondary N) is 1. The van der Waals surface area contributed by atoms with E-state index in [0.29, 0.717) is 6.04 Å². The summed E-state index contributed by atoms with van der Waals surface area (Å²) >= 11 is 0. The monoisotopic (exact) mass is 110 g/mol. The summed E-state index contributed by atoms with van der Waals surface area (Å²) in [6.07, 6.45) is 1.02. The van der Waals surface area contributed by atoms with Crippen LogP contribution >= 0.6 is 0 Å². The molecule has 0 radical (unpaired) electrons. The van der Waals surface area contributed by atoms with Crippen molar-refractivity contribution in [1.29, 1.82) is 5.26 Å². The molecule has 1 heterocycles. The van der Waals surface area contributed by atoms with Gasteiger partial charge in [-0.1, -0.05) is 0 Å². The Balaban J connectivity index is 2.35. The second kappa shape index (κ2) is 2.15. The molecule has 2 atom stereocenters. The fourth-order valence-electron chi connectivity index (χ4n) is 1.04. The molecule has 0 unspecified atom stereocenters. The number of hydrogen-bond acceptors (Lipinski definition) is 2. The van der Waals surface area contributed by atoms with Gasteiger partial charge in [-0.25, -0.2) is 0 Å². The molecule has 44 valence electrons. The number of hydrogen-bond donors (Lipinski definition) is 1. The molecule has 2 nitrogen and oxygen atoms in total. The Labute approximate surface area is 49.5 Å². The highest BCUT2D eigenvalue weighted by Crippen LogP contribution is 2.10. The van der Waals surface area contributed by atoms with Gasteiger partial charge < -0.3 is 5.32 Å². The first-order valence-electron chi connectivity index (χ1n) is 2.96. The van der Waals surface area contributed by atoms with Gasteiger partial charge in [0.1, 0.15) is 0 Å². The van der Waals surface area contributed by atoms with E-state index in [1.807, 2.05) is 0 Å². The van der Waals surface area contributed by atoms with Gasteiger partial charge in [0.2, 0.25) is 0 Å². The average Bonchev–Trinajstić information content (AvgIpc) is 2.14. The van der Waals surface area contributed by atoms with Crippen molar-refractivity contribution in [2.45, 2.75) is 19.4 Å². The zero-order valence-electron chi connectivity index (χ0n) is 5.02. The van der Waals surface area contributed by atoms with Crippen LogP contribution in [0.15, 0.2) is 0 Å². The van der Waals surface area contributed by atoms with E-state index >= 15 is 0 Å². The van der Waals surface area contributed by atoms with E-state index < -0.39 is 0 Å². The highest BCUT2D eigenvalue weighted by atomic mass is 14.9. The van der Waals surface area contributed by atoms with Gasteiger partial charge in [0.15, 0.2) is 0 Å². The molecule has 8 heavy (non-hydrogen) atoms. The number of nitriles is 1. The maximum Gasteiger partial charge on any atom is 0.0669 e. The smallest absolute Gasteiger partial charge is 0.0669 e. The van der Waals surface area contributed by atoms with Crippen molar-refractivity contribution in [2.24, 2.45) is 5.92 Å². The van der Waals surface area contributed by atoms with Crippen LogP contribution in [0.4, 0.5) is 0 Å². The van der Waals surface area contributed by atoms with Crippen LogP contribution in [0.5, 0.6) is 0 Å². The molecule has 2 heteroatoms. The van der Waals surface area contributed by atoms with Gasteiger partial charge in [-0.2, -0.15) is 5.26 Å². The zero-order chi connectivity index (χ0) is 5.98. The molecule has 1 rings (SSSR count). The van der Waals surface area contributed by atoms with Crippen molar-refractivity contribution in [3.8, 4) is 6.07 Å². The third-order valence-electron chi connectivity index (χ3n) is 1.53. The molecule has 0 amide bonds. The minimum absolute atomic E-state index is 0.269. The molecule has 0 aromatic heterocycles. The van der Waals surface area contributed by atoms with Crippen LogP contribution in [-0.4, -0.2) is 12.6 Å². The molecular weight excluding hydrogens is 100 g/mol. The third kappa shape index (κ3) is 0.988. The van der Waals surface area contributed by atoms with Crippen molar-refractivity contribution in [3.63, 3.8) is 0 Å². The Morgan fingerprint density at radius 3 is 2.75 bits per heavy atom. The van der Waals surface area contributed by atoms with Crippen molar-refractivity contribution < 1.29 is 0 Å². The molecule has 0 saturated carbocycles. The van der Waals surface area contributed by atoms with Gasteiger partial charge in [-0.3, -0.25) is 0 Å². The molecule has 0 aromatic carbocycles. The normalized spacial score (nSPS) is 37.0. The van der Waals surface area contributed by atoms with Crippen LogP contribution < -0.4 is 5.32 Å². The lowest BCUT2D eigenvalue weighted by atomic mass is 10.1. The lowest BCUT2D eigenvalue weighted by Gasteiger charge is -1.95. The predicted octanol–water partition coefficient (Wildman–Crippen LogP) is 0.508. The molecule has 0 aromatic rings. The molecule has 1 fully saturated rings. The summed E-state index contributed by atoms with van der Waals surface area (Å²) in [5.41, 5.74) is 0. The minimum Gasteiger partial charge on any atom is -0.313 e. The fourth-order valence-corrected chi connectivity index (χ4v) is 1.04. The lowest BCUT2D eigenvalue weighted by Crippen LogP contribution is -2.16. The van der Waals surface area contributed by atoms with E-state index in [0.717, 1.165) is 13.0 Å². The van der Waals surface area contributed by atoms with Crippen LogP contribution in [0.1, 0.15) is 13.3 Å². The second-order valence-electron chi connectivity index (χ2n) is 2.37. The summed E-state index contributed by atoms with van der Waals surface area (Å²) in [6, 6.07) is 2.79. The van der Waals surface area contributed by atoms with Crippen LogP contribution in [0.2, 0.25) is 0 Å². The summed E-state index contributed by atoms with van der Waals surface area (Å²) in [5, 5.41) is 11.6. The predicted molar refractivity (Wildman–Crippen MR) is 31.2 cm³/mol. The molecule has 1 aliphatic rings. The Morgan fingerprint density at radius 1 is 1.75 bits per heavy atom. The summed E-state index contributed by atoms with van der Waals surface area (Å²) in [4.78, 5) is 0. The summed E-state index contributed by atoms with van der Waals surface area (Å²) < 4.78 is 0. The van der Waals surface area contributed by atoms with Gasteiger partial charge in [0.05, 0.1) is 12.0 Å². The Morgan fingerprint density at radius 2 is 2.50 bits per heavy atom. The van der Waals surface area contributed by atoms with E-state index in [-0.39, 0.29) is 5.92 Å². The first kappa shape index (κ1) is 5.58. The molecular formula is C6H10N2. The first-order chi connectivity index (χ1) is 3.83. The Kier molecular flexibility index (Phi) is 1.50. The summed E-state index contributed by atoms with van der Waals surface area (Å²) in [6.45, 7) is 3.00. The standard InChI is InChI=1S/C6H10N2/c1-5-2-6(3-7)4-8-5/h5-6,8H,2,4H2,1H3/t5-,6+/m1/s1. The highest BCUT2D eigenvalue weighted by Gasteiger charge is 2.18. The molecule has 1 aliphatic heterocycles. The molecule has 1 saturated heterocycles. The molecule has 0 spiro atoms. The van der Waals surface area contributed by atoms with Crippen molar-refractivity contribution in [2.75, 3.05) is 6.54 Å². The van der Waals surface area contributed by atoms with Crippen LogP contribution in [0.3, 0.4) is 0 Å². The van der Waals surface area contributed by atoms with E-state index in [9.17, 15) is 0 Å². The fraction of sp³-hybridized carbons (Fsp3) is 0.833. The van der Waals surface area contributed by atoms with Gasteiger partial charge in [0, 0.05) is 12.6 Å². The van der Waals surface area contributed by atoms with E-state index in [2.05, 4.69) is 18.3 Å². The Hall–Kier alpha value is -0.550. The number of rotatable bonds is 0. The molecule has 1 N–H and O–H groups in total. The van der Waals surface area contributed by atoms with Crippen molar-refractivity contribution in [1.82, 2.24) is 5.32 Å². The summed E-state index contributed by atoms with van der Waals surface area (Å²) in [7, 11) is 0. The average molecular weight is 110 g/mol. The highest BCUT2D eigenvalue weighted by molar-refractivity contribution is 4.92. The third-order valence-corrected chi connectivity index (χ3v) is 1.53. The SMILES string of the molecule is C[C@@H]1C[C@@H](C#N)CN1. The maximum absolute atomic E-state index is 8.39. The van der Waals surface area contributed by atoms with E-state index in [4.69, 9.17) is 5.26 Å². The van der Waals surface area contributed by atoms with Crippen molar-refractivity contribution in [3.05, 3.63) is 0 Å². The van der Waals surface area contributed by atoms with Crippen LogP contribution in [-0.2, 0) is 0 Å². The first-order valence-corrected chi connectivity index (χ1v) is 2.96. The van der Waals surface area contributed by atoms with Gasteiger partial charge in [-0.05, 0) is 13.3 Å². The quantitative estimate of drug-likeness (QED) is 0.493. The summed E-state index contributed by atoms with van der Waals surface area (Å²) in [5.74, 6) is 0.269. The molecule has 0 aliphatic carbocycles. The van der Waals surface area contributed by atoms with Gasteiger partial charge in [-0.15, -0.1) is 0 Å². The van der Waals surface area contributed by atoms with Crippen LogP contribution in [0.25, 0.3) is 0 Å². The number of nitrogens with zero attached hydrogens (tertiary/aromatic N) is 1. The molecule has 0 bridgehead atoms. The minimum atomic E-state index is 0.269. The zero-order valence-corrected chi connectivity index (χ0v) is 5.02. The van der Waals surface area contributed by atoms with Gasteiger partial charge >= 0.3 is 0 Å². The second-order valence-corrected chi connectivity index (χ2v) is 2.37. The Bertz CT molecular complexity index is 114. The van der Waals surface area contributed by atoms with Crippen molar-refractivity contribution >= 4 is 0 Å². The maximum atomic E-state index is 8.39. The van der Waals surface area contributed by atoms with E-state index in [1.165, 1.54) is 0 Å². The van der Waals surface area contributed by atoms with Crippen LogP contribution in [0, 0.1) is 17.2 Å². The van der Waals surface area contributed by atoms with Gasteiger partial charge in [0.25, 0.3) is 0 Å². The largest absolute Gasteiger partial charge is 0.313 e. The topological polar surface area (TPSA) is 35.8 Å². The lowest BCUT2D eigenvalue weighted by molar-refractivity contribution is 0.655.